The van der Waals surface area contributed by atoms with Crippen molar-refractivity contribution in [3.8, 4) is 56.0 Å². The summed E-state index contributed by atoms with van der Waals surface area (Å²) in [5.74, 6) is 0.760. The molecular weight excluding hydrogens is 613 g/mol. The first-order valence-corrected chi connectivity index (χ1v) is 18.3. The number of rotatable bonds is 4. The lowest BCUT2D eigenvalue weighted by Crippen LogP contribution is -2.27. The summed E-state index contributed by atoms with van der Waals surface area (Å²) in [5, 5.41) is 1.18. The molecule has 0 unspecified atom stereocenters. The van der Waals surface area contributed by atoms with Crippen molar-refractivity contribution in [1.29, 1.82) is 0 Å². The van der Waals surface area contributed by atoms with Crippen molar-refractivity contribution in [2.24, 2.45) is 0 Å². The molecule has 0 N–H and O–H groups in total. The van der Waals surface area contributed by atoms with Crippen LogP contribution in [0, 0.1) is 0 Å². The van der Waals surface area contributed by atoms with E-state index < -0.39 is 0 Å². The monoisotopic (exact) mass is 646 g/mol. The number of thiophene rings is 1. The Morgan fingerprint density at radius 3 is 2.04 bits per heavy atom. The van der Waals surface area contributed by atoms with Crippen molar-refractivity contribution in [3.05, 3.63) is 157 Å². The van der Waals surface area contributed by atoms with Crippen molar-refractivity contribution in [2.45, 2.75) is 37.5 Å². The largest absolute Gasteiger partial charge is 0.226 e. The van der Waals surface area contributed by atoms with Gasteiger partial charge in [-0.3, -0.25) is 0 Å². The quantitative estimate of drug-likeness (QED) is 0.190. The zero-order valence-corrected chi connectivity index (χ0v) is 28.0. The van der Waals surface area contributed by atoms with Crippen LogP contribution in [0.2, 0.25) is 0 Å². The molecule has 0 aliphatic heterocycles. The van der Waals surface area contributed by atoms with Crippen molar-refractivity contribution in [2.75, 3.05) is 0 Å². The molecule has 2 aliphatic carbocycles. The summed E-state index contributed by atoms with van der Waals surface area (Å²) in [6.45, 7) is 0. The molecule has 1 fully saturated rings. The molecule has 49 heavy (non-hydrogen) atoms. The number of fused-ring (bicyclic) bond motifs is 8. The van der Waals surface area contributed by atoms with E-state index in [1.807, 2.05) is 18.2 Å². The lowest BCUT2D eigenvalue weighted by Gasteiger charge is -2.36. The fraction of sp³-hybridized carbons (Fsp3) is 0.130. The van der Waals surface area contributed by atoms with E-state index in [2.05, 4.69) is 127 Å². The van der Waals surface area contributed by atoms with Crippen LogP contribution in [0.3, 0.4) is 0 Å². The van der Waals surface area contributed by atoms with E-state index in [1.165, 1.54) is 86.7 Å². The van der Waals surface area contributed by atoms with Crippen LogP contribution in [0.5, 0.6) is 0 Å². The summed E-state index contributed by atoms with van der Waals surface area (Å²) in [4.78, 5) is 10.3. The molecule has 0 bridgehead atoms. The van der Waals surface area contributed by atoms with Gasteiger partial charge in [0.05, 0.1) is 15.9 Å². The first-order chi connectivity index (χ1) is 24.3. The average Bonchev–Trinajstić information content (AvgIpc) is 3.69. The van der Waals surface area contributed by atoms with Crippen molar-refractivity contribution in [1.82, 2.24) is 9.97 Å². The average molecular weight is 647 g/mol. The molecular formula is C46H34N2S. The van der Waals surface area contributed by atoms with Crippen LogP contribution < -0.4 is 0 Å². The van der Waals surface area contributed by atoms with Gasteiger partial charge >= 0.3 is 0 Å². The van der Waals surface area contributed by atoms with Gasteiger partial charge in [-0.05, 0) is 69.5 Å². The Morgan fingerprint density at radius 2 is 1.16 bits per heavy atom. The Labute approximate surface area is 290 Å². The van der Waals surface area contributed by atoms with E-state index in [9.17, 15) is 0 Å². The fourth-order valence-electron chi connectivity index (χ4n) is 8.63. The smallest absolute Gasteiger partial charge is 0.160 e. The molecule has 2 aromatic heterocycles. The van der Waals surface area contributed by atoms with E-state index in [-0.39, 0.29) is 5.41 Å². The summed E-state index contributed by atoms with van der Waals surface area (Å²) in [6, 6.07) is 53.2. The first-order valence-electron chi connectivity index (χ1n) is 17.5. The van der Waals surface area contributed by atoms with E-state index >= 15 is 0 Å². The van der Waals surface area contributed by atoms with Gasteiger partial charge in [0.25, 0.3) is 0 Å². The molecule has 0 amide bonds. The highest BCUT2D eigenvalue weighted by Crippen LogP contribution is 2.57. The molecule has 1 spiro atoms. The van der Waals surface area contributed by atoms with Crippen LogP contribution in [0.4, 0.5) is 0 Å². The Bertz CT molecular complexity index is 2520. The van der Waals surface area contributed by atoms with E-state index in [4.69, 9.17) is 9.97 Å². The van der Waals surface area contributed by atoms with E-state index in [0.717, 1.165) is 32.9 Å². The van der Waals surface area contributed by atoms with Crippen molar-refractivity contribution in [3.63, 3.8) is 0 Å². The van der Waals surface area contributed by atoms with Crippen molar-refractivity contribution < 1.29 is 0 Å². The Balaban J connectivity index is 1.06. The Kier molecular flexibility index (Phi) is 6.63. The zero-order valence-electron chi connectivity index (χ0n) is 27.2. The van der Waals surface area contributed by atoms with Crippen molar-refractivity contribution >= 4 is 31.6 Å². The molecule has 0 atom stereocenters. The lowest BCUT2D eigenvalue weighted by atomic mass is 9.68. The molecule has 2 nitrogen and oxygen atoms in total. The zero-order chi connectivity index (χ0) is 32.4. The second kappa shape index (κ2) is 11.4. The lowest BCUT2D eigenvalue weighted by molar-refractivity contribution is 0.353. The molecule has 0 saturated heterocycles. The molecule has 8 aromatic rings. The maximum absolute atomic E-state index is 5.18. The minimum absolute atomic E-state index is 0.162. The van der Waals surface area contributed by atoms with Gasteiger partial charge < -0.3 is 0 Å². The minimum atomic E-state index is 0.162. The summed E-state index contributed by atoms with van der Waals surface area (Å²) < 4.78 is 2.36. The van der Waals surface area contributed by atoms with Gasteiger partial charge in [-0.15, -0.1) is 11.3 Å². The molecule has 6 aromatic carbocycles. The molecule has 0 radical (unpaired) electrons. The third-order valence-electron chi connectivity index (χ3n) is 10.9. The highest BCUT2D eigenvalue weighted by atomic mass is 32.1. The molecule has 234 valence electrons. The molecule has 10 rings (SSSR count). The highest BCUT2D eigenvalue weighted by Gasteiger charge is 2.44. The topological polar surface area (TPSA) is 25.8 Å². The van der Waals surface area contributed by atoms with Crippen LogP contribution in [0.15, 0.2) is 146 Å². The summed E-state index contributed by atoms with van der Waals surface area (Å²) >= 11 is 1.78. The van der Waals surface area contributed by atoms with Gasteiger partial charge in [-0.25, -0.2) is 9.97 Å². The molecule has 2 heterocycles. The number of aromatic nitrogens is 2. The number of nitrogens with zero attached hydrogens (tertiary/aromatic N) is 2. The number of hydrogen-bond acceptors (Lipinski definition) is 3. The third kappa shape index (κ3) is 4.53. The Morgan fingerprint density at radius 1 is 0.490 bits per heavy atom. The van der Waals surface area contributed by atoms with Gasteiger partial charge in [0.15, 0.2) is 5.82 Å². The second-order valence-electron chi connectivity index (χ2n) is 13.6. The standard InChI is InChI=1S/C46H34N2S/c1-3-13-32(14-4-1)45-47-42(44-43(48-45)37-18-6-8-22-40(37)49-44)31-25-23-30(24-26-31)33-15-11-16-34(29-33)35-19-12-21-39-41(35)36-17-5-7-20-38(36)46(39)27-9-2-10-28-46/h1,3-8,11-26,29H,2,9-10,27-28H2. The third-order valence-corrected chi connectivity index (χ3v) is 12.1. The highest BCUT2D eigenvalue weighted by molar-refractivity contribution is 7.26. The molecule has 2 aliphatic rings. The van der Waals surface area contributed by atoms with E-state index in [0.29, 0.717) is 0 Å². The van der Waals surface area contributed by atoms with Gasteiger partial charge in [0, 0.05) is 26.6 Å². The first kappa shape index (κ1) is 28.6. The maximum Gasteiger partial charge on any atom is 0.160 e. The van der Waals surface area contributed by atoms with Crippen LogP contribution in [-0.2, 0) is 5.41 Å². The van der Waals surface area contributed by atoms with Gasteiger partial charge in [0.2, 0.25) is 0 Å². The second-order valence-corrected chi connectivity index (χ2v) is 14.7. The SMILES string of the molecule is c1ccc(-c2nc(-c3ccc(-c4cccc(-c5cccc6c5-c5ccccc5C65CCCCC5)c4)cc3)c3sc4ccccc4c3n2)cc1. The predicted molar refractivity (Wildman–Crippen MR) is 206 cm³/mol. The molecule has 3 heteroatoms. The summed E-state index contributed by atoms with van der Waals surface area (Å²) in [6.07, 6.45) is 6.46. The van der Waals surface area contributed by atoms with Gasteiger partial charge in [-0.1, -0.05) is 153 Å². The van der Waals surface area contributed by atoms with Crippen LogP contribution in [0.25, 0.3) is 76.3 Å². The number of hydrogen-bond donors (Lipinski definition) is 0. The van der Waals surface area contributed by atoms with Gasteiger partial charge in [-0.2, -0.15) is 0 Å². The predicted octanol–water partition coefficient (Wildman–Crippen LogP) is 12.7. The van der Waals surface area contributed by atoms with Crippen LogP contribution in [0.1, 0.15) is 43.2 Å². The van der Waals surface area contributed by atoms with Crippen LogP contribution in [-0.4, -0.2) is 9.97 Å². The Hall–Kier alpha value is -5.38. The van der Waals surface area contributed by atoms with E-state index in [1.54, 1.807) is 11.3 Å². The fourth-order valence-corrected chi connectivity index (χ4v) is 9.78. The van der Waals surface area contributed by atoms with Gasteiger partial charge in [0.1, 0.15) is 0 Å². The normalized spacial score (nSPS) is 14.7. The maximum atomic E-state index is 5.18. The molecule has 1 saturated carbocycles. The number of benzene rings is 6. The summed E-state index contributed by atoms with van der Waals surface area (Å²) in [5.41, 5.74) is 15.3. The minimum Gasteiger partial charge on any atom is -0.226 e. The summed E-state index contributed by atoms with van der Waals surface area (Å²) in [7, 11) is 0. The van der Waals surface area contributed by atoms with Crippen LogP contribution >= 0.6 is 11.3 Å².